The number of methoxy groups -OCH3 is 1. The molecule has 4 aromatic rings. The van der Waals surface area contributed by atoms with Crippen LogP contribution in [-0.2, 0) is 5.54 Å². The Bertz CT molecular complexity index is 1430. The number of pyridine rings is 1. The molecule has 9 nitrogen and oxygen atoms in total. The molecule has 0 saturated carbocycles. The van der Waals surface area contributed by atoms with Crippen LogP contribution in [0.15, 0.2) is 53.3 Å². The van der Waals surface area contributed by atoms with Crippen molar-refractivity contribution >= 4 is 16.6 Å². The largest absolute Gasteiger partial charge is 0.497 e. The summed E-state index contributed by atoms with van der Waals surface area (Å²) < 4.78 is 21.5. The maximum absolute atomic E-state index is 14.4. The number of para-hydroxylation sites is 1. The van der Waals surface area contributed by atoms with Crippen molar-refractivity contribution in [3.63, 3.8) is 0 Å². The molecule has 1 saturated heterocycles. The van der Waals surface area contributed by atoms with Crippen LogP contribution < -0.4 is 15.2 Å². The van der Waals surface area contributed by atoms with E-state index < -0.39 is 6.04 Å². The van der Waals surface area contributed by atoms with E-state index in [4.69, 9.17) is 4.74 Å². The van der Waals surface area contributed by atoms with Gasteiger partial charge < -0.3 is 14.6 Å². The average molecular weight is 492 g/mol. The standard InChI is InChI=1S/C26H30FN7O2/c1-26(2,3)34-24(29-30-31-34)23(19-15-17-9-10-18(36-4)16-21(17)28-25(19)35)33-13-11-32(12-14-33)22-8-6-5-7-20(22)27/h5-10,15-16,23H,11-14H2,1-4H3,(H,28,35)/t23-/m0/s1. The number of nitrogens with one attached hydrogen (secondary N) is 1. The fourth-order valence-electron chi connectivity index (χ4n) is 4.80. The Hall–Kier alpha value is -3.79. The van der Waals surface area contributed by atoms with Crippen molar-refractivity contribution in [2.45, 2.75) is 32.4 Å². The van der Waals surface area contributed by atoms with Crippen molar-refractivity contribution in [1.29, 1.82) is 0 Å². The first-order chi connectivity index (χ1) is 17.3. The number of tetrazole rings is 1. The van der Waals surface area contributed by atoms with Gasteiger partial charge in [0.25, 0.3) is 5.56 Å². The zero-order chi connectivity index (χ0) is 25.4. The molecule has 1 aliphatic heterocycles. The highest BCUT2D eigenvalue weighted by Gasteiger charge is 2.35. The number of hydrogen-bond acceptors (Lipinski definition) is 7. The Morgan fingerprint density at radius 3 is 2.50 bits per heavy atom. The van der Waals surface area contributed by atoms with Gasteiger partial charge in [-0.3, -0.25) is 9.69 Å². The highest BCUT2D eigenvalue weighted by atomic mass is 19.1. The molecule has 1 N–H and O–H groups in total. The summed E-state index contributed by atoms with van der Waals surface area (Å²) in [6.45, 7) is 8.51. The molecular formula is C26H30FN7O2. The molecule has 2 aromatic heterocycles. The maximum Gasteiger partial charge on any atom is 0.253 e. The Morgan fingerprint density at radius 1 is 1.06 bits per heavy atom. The first kappa shape index (κ1) is 23.9. The Balaban J connectivity index is 1.56. The number of anilines is 1. The van der Waals surface area contributed by atoms with Gasteiger partial charge in [-0.2, -0.15) is 0 Å². The predicted molar refractivity (Wildman–Crippen MR) is 136 cm³/mol. The van der Waals surface area contributed by atoms with Crippen LogP contribution in [0.3, 0.4) is 0 Å². The minimum Gasteiger partial charge on any atom is -0.497 e. The second kappa shape index (κ2) is 9.34. The van der Waals surface area contributed by atoms with Crippen molar-refractivity contribution in [3.8, 4) is 5.75 Å². The van der Waals surface area contributed by atoms with Gasteiger partial charge in [0.05, 0.1) is 23.9 Å². The summed E-state index contributed by atoms with van der Waals surface area (Å²) in [4.78, 5) is 20.7. The zero-order valence-electron chi connectivity index (χ0n) is 20.9. The van der Waals surface area contributed by atoms with Crippen LogP contribution in [0.1, 0.15) is 38.2 Å². The number of hydrogen-bond donors (Lipinski definition) is 1. The molecule has 36 heavy (non-hydrogen) atoms. The number of halogens is 1. The second-order valence-electron chi connectivity index (χ2n) is 10.0. The van der Waals surface area contributed by atoms with Crippen LogP contribution >= 0.6 is 0 Å². The first-order valence-corrected chi connectivity index (χ1v) is 12.0. The topological polar surface area (TPSA) is 92.2 Å². The molecule has 10 heteroatoms. The number of ether oxygens (including phenoxy) is 1. The molecule has 188 valence electrons. The van der Waals surface area contributed by atoms with Gasteiger partial charge in [-0.25, -0.2) is 9.07 Å². The predicted octanol–water partition coefficient (Wildman–Crippen LogP) is 3.33. The normalized spacial score (nSPS) is 15.9. The molecule has 1 aliphatic rings. The minimum absolute atomic E-state index is 0.208. The molecule has 0 aliphatic carbocycles. The lowest BCUT2D eigenvalue weighted by Gasteiger charge is -2.40. The molecule has 0 radical (unpaired) electrons. The van der Waals surface area contributed by atoms with Crippen LogP contribution in [0.2, 0.25) is 0 Å². The highest BCUT2D eigenvalue weighted by Crippen LogP contribution is 2.31. The fraction of sp³-hybridized carbons (Fsp3) is 0.385. The summed E-state index contributed by atoms with van der Waals surface area (Å²) in [6.07, 6.45) is 0. The molecular weight excluding hydrogens is 461 g/mol. The summed E-state index contributed by atoms with van der Waals surface area (Å²) in [5.74, 6) is 1.03. The fourth-order valence-corrected chi connectivity index (χ4v) is 4.80. The zero-order valence-corrected chi connectivity index (χ0v) is 20.9. The number of piperazine rings is 1. The molecule has 1 atom stereocenters. The number of nitrogens with zero attached hydrogens (tertiary/aromatic N) is 6. The van der Waals surface area contributed by atoms with Gasteiger partial charge in [-0.15, -0.1) is 5.10 Å². The summed E-state index contributed by atoms with van der Waals surface area (Å²) in [6, 6.07) is 13.8. The van der Waals surface area contributed by atoms with Crippen molar-refractivity contribution in [3.05, 3.63) is 76.1 Å². The van der Waals surface area contributed by atoms with Crippen LogP contribution in [0, 0.1) is 5.82 Å². The summed E-state index contributed by atoms with van der Waals surface area (Å²) in [5, 5.41) is 13.5. The van der Waals surface area contributed by atoms with E-state index in [1.165, 1.54) is 6.07 Å². The van der Waals surface area contributed by atoms with E-state index in [-0.39, 0.29) is 16.9 Å². The smallest absolute Gasteiger partial charge is 0.253 e. The van der Waals surface area contributed by atoms with E-state index >= 15 is 0 Å². The van der Waals surface area contributed by atoms with E-state index in [2.05, 4.69) is 25.4 Å². The first-order valence-electron chi connectivity index (χ1n) is 12.0. The Labute approximate surface area is 208 Å². The van der Waals surface area contributed by atoms with Gasteiger partial charge >= 0.3 is 0 Å². The lowest BCUT2D eigenvalue weighted by molar-refractivity contribution is 0.190. The summed E-state index contributed by atoms with van der Waals surface area (Å²) in [7, 11) is 1.59. The third kappa shape index (κ3) is 4.44. The SMILES string of the molecule is COc1ccc2cc([C@@H](c3nnnn3C(C)(C)C)N3CCN(c4ccccc4F)CC3)c(=O)[nH]c2c1. The van der Waals surface area contributed by atoms with Crippen LogP contribution in [0.25, 0.3) is 10.9 Å². The van der Waals surface area contributed by atoms with E-state index in [1.807, 2.05) is 56.0 Å². The average Bonchev–Trinajstić information content (AvgIpc) is 3.35. The van der Waals surface area contributed by atoms with Gasteiger partial charge in [0.2, 0.25) is 0 Å². The number of H-pyrrole nitrogens is 1. The molecule has 5 rings (SSSR count). The number of rotatable bonds is 5. The van der Waals surface area contributed by atoms with Gasteiger partial charge in [-0.05, 0) is 66.9 Å². The Morgan fingerprint density at radius 2 is 1.81 bits per heavy atom. The molecule has 2 aromatic carbocycles. The van der Waals surface area contributed by atoms with Gasteiger partial charge in [0.15, 0.2) is 5.82 Å². The van der Waals surface area contributed by atoms with Crippen LogP contribution in [0.5, 0.6) is 5.75 Å². The maximum atomic E-state index is 14.4. The van der Waals surface area contributed by atoms with Crippen molar-refractivity contribution in [2.24, 2.45) is 0 Å². The Kier molecular flexibility index (Phi) is 6.21. The monoisotopic (exact) mass is 491 g/mol. The number of benzene rings is 2. The van der Waals surface area contributed by atoms with Crippen molar-refractivity contribution < 1.29 is 9.13 Å². The summed E-state index contributed by atoms with van der Waals surface area (Å²) >= 11 is 0. The van der Waals surface area contributed by atoms with Crippen LogP contribution in [0.4, 0.5) is 10.1 Å². The minimum atomic E-state index is -0.475. The molecule has 3 heterocycles. The van der Waals surface area contributed by atoms with E-state index in [0.717, 1.165) is 5.39 Å². The third-order valence-corrected chi connectivity index (χ3v) is 6.62. The third-order valence-electron chi connectivity index (χ3n) is 6.62. The summed E-state index contributed by atoms with van der Waals surface area (Å²) in [5.41, 5.74) is 1.25. The number of aromatic amines is 1. The molecule has 0 bridgehead atoms. The molecule has 0 spiro atoms. The molecule has 0 amide bonds. The van der Waals surface area contributed by atoms with Gasteiger partial charge in [0, 0.05) is 37.8 Å². The lowest BCUT2D eigenvalue weighted by atomic mass is 10.0. The van der Waals surface area contributed by atoms with E-state index in [0.29, 0.717) is 54.5 Å². The lowest BCUT2D eigenvalue weighted by Crippen LogP contribution is -2.49. The van der Waals surface area contributed by atoms with Gasteiger partial charge in [-0.1, -0.05) is 12.1 Å². The molecule has 0 unspecified atom stereocenters. The quantitative estimate of drug-likeness (QED) is 0.458. The molecule has 1 fully saturated rings. The van der Waals surface area contributed by atoms with Crippen molar-refractivity contribution in [2.75, 3.05) is 38.2 Å². The highest BCUT2D eigenvalue weighted by molar-refractivity contribution is 5.80. The van der Waals surface area contributed by atoms with Crippen LogP contribution in [-0.4, -0.2) is 63.4 Å². The van der Waals surface area contributed by atoms with E-state index in [9.17, 15) is 9.18 Å². The van der Waals surface area contributed by atoms with Gasteiger partial charge in [0.1, 0.15) is 17.6 Å². The van der Waals surface area contributed by atoms with E-state index in [1.54, 1.807) is 23.9 Å². The second-order valence-corrected chi connectivity index (χ2v) is 10.0. The van der Waals surface area contributed by atoms with Crippen molar-refractivity contribution in [1.82, 2.24) is 30.1 Å². The number of fused-ring (bicyclic) bond motifs is 1. The number of aromatic nitrogens is 5.